The molecule has 1 saturated heterocycles. The Morgan fingerprint density at radius 2 is 2.38 bits per heavy atom. The monoisotopic (exact) mass is 205 g/mol. The van der Waals surface area contributed by atoms with E-state index in [1.54, 1.807) is 0 Å². The van der Waals surface area contributed by atoms with Gasteiger partial charge < -0.3 is 10.0 Å². The molecule has 0 aliphatic carbocycles. The van der Waals surface area contributed by atoms with Crippen LogP contribution in [0.1, 0.15) is 19.3 Å². The summed E-state index contributed by atoms with van der Waals surface area (Å²) in [6.45, 7) is 1.86. The highest BCUT2D eigenvalue weighted by Gasteiger charge is 2.24. The Bertz CT molecular complexity index is 175. The largest absolute Gasteiger partial charge is 0.396 e. The Kier molecular flexibility index (Phi) is 4.53. The van der Waals surface area contributed by atoms with Crippen LogP contribution in [0.3, 0.4) is 0 Å². The molecule has 1 heterocycles. The first-order valence-corrected chi connectivity index (χ1v) is 5.26. The van der Waals surface area contributed by atoms with E-state index in [2.05, 4.69) is 0 Å². The van der Waals surface area contributed by atoms with Crippen molar-refractivity contribution in [2.45, 2.75) is 19.3 Å². The highest BCUT2D eigenvalue weighted by atomic mass is 35.5. The lowest BCUT2D eigenvalue weighted by Crippen LogP contribution is -2.28. The van der Waals surface area contributed by atoms with E-state index in [9.17, 15) is 4.79 Å². The molecule has 1 fully saturated rings. The van der Waals surface area contributed by atoms with Crippen LogP contribution in [0.5, 0.6) is 0 Å². The summed E-state index contributed by atoms with van der Waals surface area (Å²) < 4.78 is 0. The summed E-state index contributed by atoms with van der Waals surface area (Å²) in [6.07, 6.45) is 2.27. The van der Waals surface area contributed by atoms with Gasteiger partial charge in [-0.15, -0.1) is 11.6 Å². The van der Waals surface area contributed by atoms with Crippen LogP contribution in [0.25, 0.3) is 0 Å². The second kappa shape index (κ2) is 5.45. The van der Waals surface area contributed by atoms with Gasteiger partial charge in [-0.1, -0.05) is 0 Å². The van der Waals surface area contributed by atoms with Crippen molar-refractivity contribution in [3.05, 3.63) is 0 Å². The number of hydrogen-bond donors (Lipinski definition) is 1. The Labute approximate surface area is 83.7 Å². The fourth-order valence-electron chi connectivity index (χ4n) is 1.72. The number of hydrogen-bond acceptors (Lipinski definition) is 2. The van der Waals surface area contributed by atoms with E-state index in [0.29, 0.717) is 18.2 Å². The molecule has 1 amide bonds. The van der Waals surface area contributed by atoms with Crippen LogP contribution in [-0.4, -0.2) is 41.5 Å². The Hall–Kier alpha value is -0.280. The van der Waals surface area contributed by atoms with Gasteiger partial charge in [0.15, 0.2) is 0 Å². The van der Waals surface area contributed by atoms with Crippen molar-refractivity contribution in [1.29, 1.82) is 0 Å². The van der Waals surface area contributed by atoms with E-state index < -0.39 is 0 Å². The molecule has 0 spiro atoms. The van der Waals surface area contributed by atoms with Gasteiger partial charge in [-0.2, -0.15) is 0 Å². The molecule has 0 radical (unpaired) electrons. The number of aliphatic hydroxyl groups excluding tert-OH is 1. The van der Waals surface area contributed by atoms with E-state index in [1.807, 2.05) is 4.90 Å². The first-order chi connectivity index (χ1) is 6.27. The van der Waals surface area contributed by atoms with Gasteiger partial charge in [0.2, 0.25) is 5.91 Å². The van der Waals surface area contributed by atoms with Gasteiger partial charge in [0.05, 0.1) is 0 Å². The third-order valence-electron chi connectivity index (χ3n) is 2.48. The van der Waals surface area contributed by atoms with Crippen molar-refractivity contribution >= 4 is 17.5 Å². The summed E-state index contributed by atoms with van der Waals surface area (Å²) in [5, 5.41) is 8.73. The summed E-state index contributed by atoms with van der Waals surface area (Å²) in [4.78, 5) is 13.2. The Morgan fingerprint density at radius 3 is 3.00 bits per heavy atom. The van der Waals surface area contributed by atoms with Crippen molar-refractivity contribution in [2.75, 3.05) is 25.6 Å². The van der Waals surface area contributed by atoms with Crippen molar-refractivity contribution in [3.8, 4) is 0 Å². The van der Waals surface area contributed by atoms with Crippen LogP contribution < -0.4 is 0 Å². The lowest BCUT2D eigenvalue weighted by Gasteiger charge is -2.15. The van der Waals surface area contributed by atoms with E-state index in [1.165, 1.54) is 0 Å². The molecule has 0 bridgehead atoms. The van der Waals surface area contributed by atoms with Crippen molar-refractivity contribution in [2.24, 2.45) is 5.92 Å². The number of rotatable bonds is 4. The molecule has 1 rings (SSSR count). The number of amides is 1. The molecule has 1 aliphatic rings. The number of nitrogens with zero attached hydrogens (tertiary/aromatic N) is 1. The molecular weight excluding hydrogens is 190 g/mol. The third kappa shape index (κ3) is 3.16. The molecule has 3 nitrogen and oxygen atoms in total. The first-order valence-electron chi connectivity index (χ1n) is 4.72. The van der Waals surface area contributed by atoms with E-state index in [4.69, 9.17) is 16.7 Å². The maximum atomic E-state index is 11.4. The zero-order chi connectivity index (χ0) is 9.68. The fraction of sp³-hybridized carbons (Fsp3) is 0.889. The number of carbonyl (C=O) groups is 1. The lowest BCUT2D eigenvalue weighted by atomic mass is 10.1. The van der Waals surface area contributed by atoms with Gasteiger partial charge >= 0.3 is 0 Å². The second-order valence-electron chi connectivity index (χ2n) is 3.45. The van der Waals surface area contributed by atoms with Crippen LogP contribution in [0.15, 0.2) is 0 Å². The summed E-state index contributed by atoms with van der Waals surface area (Å²) in [5.41, 5.74) is 0. The minimum Gasteiger partial charge on any atom is -0.396 e. The van der Waals surface area contributed by atoms with E-state index in [0.717, 1.165) is 25.9 Å². The van der Waals surface area contributed by atoms with Gasteiger partial charge in [0, 0.05) is 32.0 Å². The fourth-order valence-corrected chi connectivity index (χ4v) is 1.88. The van der Waals surface area contributed by atoms with Crippen molar-refractivity contribution < 1.29 is 9.90 Å². The number of carbonyl (C=O) groups excluding carboxylic acids is 1. The molecule has 0 aromatic carbocycles. The SMILES string of the molecule is O=C(CCCl)N1CCC(CCO)C1. The minimum absolute atomic E-state index is 0.149. The van der Waals surface area contributed by atoms with Crippen LogP contribution in [-0.2, 0) is 4.79 Å². The average Bonchev–Trinajstić information content (AvgIpc) is 2.54. The number of halogens is 1. The molecular formula is C9H16ClNO2. The summed E-state index contributed by atoms with van der Waals surface area (Å²) >= 11 is 5.48. The van der Waals surface area contributed by atoms with Crippen LogP contribution >= 0.6 is 11.6 Å². The van der Waals surface area contributed by atoms with E-state index >= 15 is 0 Å². The minimum atomic E-state index is 0.149. The van der Waals surface area contributed by atoms with Crippen LogP contribution in [0.4, 0.5) is 0 Å². The number of aliphatic hydroxyl groups is 1. The molecule has 13 heavy (non-hydrogen) atoms. The summed E-state index contributed by atoms with van der Waals surface area (Å²) in [6, 6.07) is 0. The first kappa shape index (κ1) is 10.8. The van der Waals surface area contributed by atoms with Crippen molar-refractivity contribution in [3.63, 3.8) is 0 Å². The smallest absolute Gasteiger partial charge is 0.223 e. The molecule has 0 aromatic rings. The molecule has 1 unspecified atom stereocenters. The van der Waals surface area contributed by atoms with E-state index in [-0.39, 0.29) is 12.5 Å². The zero-order valence-corrected chi connectivity index (χ0v) is 8.46. The van der Waals surface area contributed by atoms with Crippen LogP contribution in [0, 0.1) is 5.92 Å². The third-order valence-corrected chi connectivity index (χ3v) is 2.67. The van der Waals surface area contributed by atoms with Crippen LogP contribution in [0.2, 0.25) is 0 Å². The molecule has 4 heteroatoms. The number of likely N-dealkylation sites (tertiary alicyclic amines) is 1. The lowest BCUT2D eigenvalue weighted by molar-refractivity contribution is -0.129. The zero-order valence-electron chi connectivity index (χ0n) is 7.71. The molecule has 0 aromatic heterocycles. The normalized spacial score (nSPS) is 22.3. The number of alkyl halides is 1. The topological polar surface area (TPSA) is 40.5 Å². The molecule has 0 saturated carbocycles. The quantitative estimate of drug-likeness (QED) is 0.692. The summed E-state index contributed by atoms with van der Waals surface area (Å²) in [7, 11) is 0. The maximum Gasteiger partial charge on any atom is 0.223 e. The Balaban J connectivity index is 2.27. The second-order valence-corrected chi connectivity index (χ2v) is 3.82. The van der Waals surface area contributed by atoms with Gasteiger partial charge in [0.1, 0.15) is 0 Å². The van der Waals surface area contributed by atoms with Gasteiger partial charge in [-0.25, -0.2) is 0 Å². The summed E-state index contributed by atoms with van der Waals surface area (Å²) in [5.74, 6) is 1.04. The van der Waals surface area contributed by atoms with Gasteiger partial charge in [-0.3, -0.25) is 4.79 Å². The molecule has 76 valence electrons. The molecule has 1 aliphatic heterocycles. The Morgan fingerprint density at radius 1 is 1.62 bits per heavy atom. The molecule has 1 N–H and O–H groups in total. The van der Waals surface area contributed by atoms with Crippen molar-refractivity contribution in [1.82, 2.24) is 4.90 Å². The highest BCUT2D eigenvalue weighted by molar-refractivity contribution is 6.18. The standard InChI is InChI=1S/C9H16ClNO2/c10-4-1-9(13)11-5-2-8(7-11)3-6-12/h8,12H,1-7H2. The predicted molar refractivity (Wildman–Crippen MR) is 51.7 cm³/mol. The molecule has 1 atom stereocenters. The maximum absolute atomic E-state index is 11.4. The highest BCUT2D eigenvalue weighted by Crippen LogP contribution is 2.19. The predicted octanol–water partition coefficient (Wildman–Crippen LogP) is 0.846. The van der Waals surface area contributed by atoms with Gasteiger partial charge in [-0.05, 0) is 18.8 Å². The van der Waals surface area contributed by atoms with Gasteiger partial charge in [0.25, 0.3) is 0 Å². The average molecular weight is 206 g/mol.